The minimum atomic E-state index is -4.44. The molecule has 1 aromatic carbocycles. The van der Waals surface area contributed by atoms with Crippen molar-refractivity contribution in [3.05, 3.63) is 46.2 Å². The highest BCUT2D eigenvalue weighted by Crippen LogP contribution is 2.36. The Bertz CT molecular complexity index is 610. The summed E-state index contributed by atoms with van der Waals surface area (Å²) in [6.07, 6.45) is -4.44. The number of nitrogens with one attached hydrogen (secondary N) is 1. The van der Waals surface area contributed by atoms with Gasteiger partial charge in [0.05, 0.1) is 11.3 Å². The van der Waals surface area contributed by atoms with E-state index in [4.69, 9.17) is 0 Å². The van der Waals surface area contributed by atoms with Crippen molar-refractivity contribution >= 4 is 0 Å². The topological polar surface area (TPSA) is 37.8 Å². The Labute approximate surface area is 101 Å². The molecule has 0 bridgehead atoms. The fraction of sp³-hybridized carbons (Fsp3) is 0.250. The fourth-order valence-corrected chi connectivity index (χ4v) is 1.85. The van der Waals surface area contributed by atoms with Crippen molar-refractivity contribution in [2.75, 3.05) is 0 Å². The third-order valence-electron chi connectivity index (χ3n) is 2.63. The number of H-pyrrole nitrogens is 1. The van der Waals surface area contributed by atoms with Crippen LogP contribution in [0.2, 0.25) is 0 Å². The monoisotopic (exact) mass is 256 g/mol. The molecule has 0 atom stereocenters. The first kappa shape index (κ1) is 12.5. The highest BCUT2D eigenvalue weighted by atomic mass is 19.4. The number of hydrogen-bond acceptors (Lipinski definition) is 1. The van der Waals surface area contributed by atoms with Gasteiger partial charge in [-0.2, -0.15) is 13.2 Å². The number of halogens is 3. The normalized spacial score (nSPS) is 11.8. The second-order valence-electron chi connectivity index (χ2n) is 3.79. The molecular formula is C12H11F3N2O. The molecule has 96 valence electrons. The van der Waals surface area contributed by atoms with Crippen LogP contribution in [0.4, 0.5) is 13.2 Å². The zero-order valence-corrected chi connectivity index (χ0v) is 9.58. The van der Waals surface area contributed by atoms with Gasteiger partial charge in [-0.05, 0) is 13.0 Å². The van der Waals surface area contributed by atoms with Crippen molar-refractivity contribution in [3.63, 3.8) is 0 Å². The first-order valence-corrected chi connectivity index (χ1v) is 5.40. The van der Waals surface area contributed by atoms with Crippen LogP contribution < -0.4 is 5.56 Å². The SMILES string of the molecule is CCn1[nH]c(=O)cc1-c1ccccc1C(F)(F)F. The van der Waals surface area contributed by atoms with Gasteiger partial charge in [0.15, 0.2) is 0 Å². The minimum Gasteiger partial charge on any atom is -0.285 e. The molecule has 18 heavy (non-hydrogen) atoms. The summed E-state index contributed by atoms with van der Waals surface area (Å²) in [5.74, 6) is 0. The Morgan fingerprint density at radius 3 is 2.56 bits per heavy atom. The van der Waals surface area contributed by atoms with E-state index >= 15 is 0 Å². The predicted octanol–water partition coefficient (Wildman–Crippen LogP) is 2.88. The molecule has 0 amide bonds. The first-order valence-electron chi connectivity index (χ1n) is 5.40. The zero-order valence-electron chi connectivity index (χ0n) is 9.58. The second kappa shape index (κ2) is 4.36. The second-order valence-corrected chi connectivity index (χ2v) is 3.79. The molecule has 3 nitrogen and oxygen atoms in total. The Kier molecular flexibility index (Phi) is 3.02. The highest BCUT2D eigenvalue weighted by molar-refractivity contribution is 5.64. The van der Waals surface area contributed by atoms with Crippen LogP contribution in [0.5, 0.6) is 0 Å². The average Bonchev–Trinajstić information content (AvgIpc) is 2.69. The minimum absolute atomic E-state index is 0.00481. The summed E-state index contributed by atoms with van der Waals surface area (Å²) < 4.78 is 40.0. The number of benzene rings is 1. The van der Waals surface area contributed by atoms with Gasteiger partial charge in [0, 0.05) is 18.2 Å². The van der Waals surface area contributed by atoms with E-state index in [9.17, 15) is 18.0 Å². The van der Waals surface area contributed by atoms with Crippen molar-refractivity contribution in [2.45, 2.75) is 19.6 Å². The third kappa shape index (κ3) is 2.18. The fourth-order valence-electron chi connectivity index (χ4n) is 1.85. The maximum Gasteiger partial charge on any atom is 0.417 e. The van der Waals surface area contributed by atoms with E-state index in [1.165, 1.54) is 28.9 Å². The van der Waals surface area contributed by atoms with Crippen LogP contribution in [0.1, 0.15) is 12.5 Å². The van der Waals surface area contributed by atoms with E-state index in [2.05, 4.69) is 5.10 Å². The van der Waals surface area contributed by atoms with Crippen LogP contribution in [0.3, 0.4) is 0 Å². The molecule has 0 saturated carbocycles. The van der Waals surface area contributed by atoms with Gasteiger partial charge in [0.2, 0.25) is 0 Å². The Morgan fingerprint density at radius 1 is 1.28 bits per heavy atom. The number of aromatic nitrogens is 2. The maximum atomic E-state index is 12.9. The molecule has 0 radical (unpaired) electrons. The van der Waals surface area contributed by atoms with Crippen molar-refractivity contribution in [3.8, 4) is 11.3 Å². The van der Waals surface area contributed by atoms with Crippen LogP contribution in [0.15, 0.2) is 35.1 Å². The van der Waals surface area contributed by atoms with Crippen LogP contribution >= 0.6 is 0 Å². The van der Waals surface area contributed by atoms with Gasteiger partial charge in [0.1, 0.15) is 0 Å². The quantitative estimate of drug-likeness (QED) is 0.881. The van der Waals surface area contributed by atoms with Gasteiger partial charge < -0.3 is 0 Å². The van der Waals surface area contributed by atoms with E-state index < -0.39 is 17.3 Å². The molecule has 0 saturated heterocycles. The van der Waals surface area contributed by atoms with Crippen molar-refractivity contribution in [1.82, 2.24) is 9.78 Å². The van der Waals surface area contributed by atoms with Crippen LogP contribution in [-0.2, 0) is 12.7 Å². The molecule has 1 heterocycles. The van der Waals surface area contributed by atoms with Gasteiger partial charge >= 0.3 is 6.18 Å². The standard InChI is InChI=1S/C12H11F3N2O/c1-2-17-10(7-11(18)16-17)8-5-3-4-6-9(8)12(13,14)15/h3-7H,2H2,1H3,(H,16,18). The molecule has 2 rings (SSSR count). The first-order chi connectivity index (χ1) is 8.43. The number of nitrogens with zero attached hydrogens (tertiary/aromatic N) is 1. The van der Waals surface area contributed by atoms with Gasteiger partial charge in [-0.15, -0.1) is 0 Å². The molecule has 1 N–H and O–H groups in total. The van der Waals surface area contributed by atoms with Gasteiger partial charge in [-0.1, -0.05) is 18.2 Å². The van der Waals surface area contributed by atoms with Gasteiger partial charge in [0.25, 0.3) is 5.56 Å². The van der Waals surface area contributed by atoms with E-state index in [1.807, 2.05) is 0 Å². The molecule has 0 spiro atoms. The summed E-state index contributed by atoms with van der Waals surface area (Å²) in [5.41, 5.74) is -0.907. The van der Waals surface area contributed by atoms with Crippen molar-refractivity contribution in [2.24, 2.45) is 0 Å². The predicted molar refractivity (Wildman–Crippen MR) is 61.2 cm³/mol. The summed E-state index contributed by atoms with van der Waals surface area (Å²) in [6, 6.07) is 6.38. The number of hydrogen-bond donors (Lipinski definition) is 1. The van der Waals surface area contributed by atoms with Crippen LogP contribution in [0.25, 0.3) is 11.3 Å². The molecule has 1 aromatic heterocycles. The van der Waals surface area contributed by atoms with E-state index in [0.717, 1.165) is 6.07 Å². The van der Waals surface area contributed by atoms with Crippen LogP contribution in [-0.4, -0.2) is 9.78 Å². The Hall–Kier alpha value is -1.98. The van der Waals surface area contributed by atoms with Crippen molar-refractivity contribution < 1.29 is 13.2 Å². The summed E-state index contributed by atoms with van der Waals surface area (Å²) >= 11 is 0. The Morgan fingerprint density at radius 2 is 1.94 bits per heavy atom. The molecule has 0 aliphatic rings. The lowest BCUT2D eigenvalue weighted by atomic mass is 10.0. The molecular weight excluding hydrogens is 245 g/mol. The maximum absolute atomic E-state index is 12.9. The van der Waals surface area contributed by atoms with E-state index in [1.54, 1.807) is 6.92 Å². The smallest absolute Gasteiger partial charge is 0.285 e. The molecule has 0 aliphatic heterocycles. The molecule has 0 unspecified atom stereocenters. The average molecular weight is 256 g/mol. The third-order valence-corrected chi connectivity index (χ3v) is 2.63. The Balaban J connectivity index is 2.68. The number of alkyl halides is 3. The summed E-state index contributed by atoms with van der Waals surface area (Å²) in [7, 11) is 0. The largest absolute Gasteiger partial charge is 0.417 e. The summed E-state index contributed by atoms with van der Waals surface area (Å²) in [6.45, 7) is 2.14. The molecule has 0 aliphatic carbocycles. The van der Waals surface area contributed by atoms with Gasteiger partial charge in [-0.3, -0.25) is 14.6 Å². The number of aromatic amines is 1. The van der Waals surface area contributed by atoms with E-state index in [0.29, 0.717) is 6.54 Å². The molecule has 2 aromatic rings. The lowest BCUT2D eigenvalue weighted by Crippen LogP contribution is -2.09. The van der Waals surface area contributed by atoms with E-state index in [-0.39, 0.29) is 11.3 Å². The van der Waals surface area contributed by atoms with Gasteiger partial charge in [-0.25, -0.2) is 0 Å². The van der Waals surface area contributed by atoms with Crippen LogP contribution in [0, 0.1) is 0 Å². The highest BCUT2D eigenvalue weighted by Gasteiger charge is 2.34. The lowest BCUT2D eigenvalue weighted by molar-refractivity contribution is -0.137. The zero-order chi connectivity index (χ0) is 13.3. The van der Waals surface area contributed by atoms with Crippen molar-refractivity contribution in [1.29, 1.82) is 0 Å². The molecule has 0 fully saturated rings. The lowest BCUT2D eigenvalue weighted by Gasteiger charge is -2.13. The summed E-state index contributed by atoms with van der Waals surface area (Å²) in [5, 5.41) is 2.47. The number of rotatable bonds is 2. The molecule has 6 heteroatoms. The summed E-state index contributed by atoms with van der Waals surface area (Å²) in [4.78, 5) is 11.2. The number of aryl methyl sites for hydroxylation is 1.